The summed E-state index contributed by atoms with van der Waals surface area (Å²) in [6.45, 7) is 1.15. The molecule has 1 aliphatic rings. The highest BCUT2D eigenvalue weighted by Gasteiger charge is 2.34. The molecule has 0 unspecified atom stereocenters. The maximum Gasteiger partial charge on any atom is 0.418 e. The van der Waals surface area contributed by atoms with Gasteiger partial charge in [0.2, 0.25) is 11.8 Å². The zero-order valence-corrected chi connectivity index (χ0v) is 17.8. The molecule has 0 bridgehead atoms. The lowest BCUT2D eigenvalue weighted by Gasteiger charge is -2.30. The molecule has 5 nitrogen and oxygen atoms in total. The van der Waals surface area contributed by atoms with E-state index in [-0.39, 0.29) is 34.9 Å². The second-order valence-corrected chi connectivity index (χ2v) is 8.07. The molecule has 2 amide bonds. The van der Waals surface area contributed by atoms with Gasteiger partial charge in [0.05, 0.1) is 17.8 Å². The Morgan fingerprint density at radius 3 is 2.34 bits per heavy atom. The molecule has 0 aliphatic carbocycles. The molecular formula is C22H22ClF4N3O2. The largest absolute Gasteiger partial charge is 0.418 e. The number of hydrogen-bond donors (Lipinski definition) is 2. The maximum absolute atomic E-state index is 13.2. The minimum Gasteiger partial charge on any atom is -0.352 e. The molecule has 1 aliphatic heterocycles. The van der Waals surface area contributed by atoms with Crippen LogP contribution >= 0.6 is 11.6 Å². The van der Waals surface area contributed by atoms with E-state index in [9.17, 15) is 27.2 Å². The predicted octanol–water partition coefficient (Wildman–Crippen LogP) is 4.46. The topological polar surface area (TPSA) is 61.4 Å². The van der Waals surface area contributed by atoms with Crippen molar-refractivity contribution in [2.45, 2.75) is 25.6 Å². The average Bonchev–Trinajstić information content (AvgIpc) is 2.74. The molecule has 0 radical (unpaired) electrons. The lowest BCUT2D eigenvalue weighted by Crippen LogP contribution is -2.43. The predicted molar refractivity (Wildman–Crippen MR) is 112 cm³/mol. The Balaban J connectivity index is 1.46. The van der Waals surface area contributed by atoms with E-state index in [0.717, 1.165) is 17.7 Å². The molecule has 10 heteroatoms. The number of nitrogens with one attached hydrogen (secondary N) is 2. The van der Waals surface area contributed by atoms with Crippen LogP contribution in [0.25, 0.3) is 0 Å². The smallest absolute Gasteiger partial charge is 0.352 e. The molecule has 0 atom stereocenters. The van der Waals surface area contributed by atoms with Crippen LogP contribution in [0.1, 0.15) is 24.0 Å². The lowest BCUT2D eigenvalue weighted by atomic mass is 9.96. The van der Waals surface area contributed by atoms with Crippen LogP contribution in [0.5, 0.6) is 0 Å². The van der Waals surface area contributed by atoms with Crippen LogP contribution in [0.2, 0.25) is 5.02 Å². The van der Waals surface area contributed by atoms with Gasteiger partial charge in [0, 0.05) is 17.5 Å². The Kier molecular flexibility index (Phi) is 7.73. The first kappa shape index (κ1) is 24.0. The summed E-state index contributed by atoms with van der Waals surface area (Å²) in [6, 6.07) is 9.03. The summed E-state index contributed by atoms with van der Waals surface area (Å²) in [5.41, 5.74) is -0.564. The molecule has 2 N–H and O–H groups in total. The van der Waals surface area contributed by atoms with Crippen molar-refractivity contribution in [2.24, 2.45) is 5.92 Å². The molecular weight excluding hydrogens is 450 g/mol. The first-order chi connectivity index (χ1) is 15.1. The normalized spacial score (nSPS) is 15.4. The molecule has 0 saturated carbocycles. The van der Waals surface area contributed by atoms with Gasteiger partial charge in [-0.2, -0.15) is 13.2 Å². The Morgan fingerprint density at radius 2 is 1.72 bits per heavy atom. The van der Waals surface area contributed by atoms with E-state index in [4.69, 9.17) is 11.6 Å². The number of hydrogen-bond acceptors (Lipinski definition) is 3. The number of halogens is 5. The van der Waals surface area contributed by atoms with Crippen molar-refractivity contribution in [1.82, 2.24) is 10.2 Å². The monoisotopic (exact) mass is 471 g/mol. The number of piperidine rings is 1. The zero-order chi connectivity index (χ0) is 23.3. The Bertz CT molecular complexity index is 959. The Hall–Kier alpha value is -2.65. The van der Waals surface area contributed by atoms with Gasteiger partial charge in [0.25, 0.3) is 0 Å². The number of benzene rings is 2. The van der Waals surface area contributed by atoms with Gasteiger partial charge >= 0.3 is 6.18 Å². The van der Waals surface area contributed by atoms with Gasteiger partial charge in [-0.3, -0.25) is 14.5 Å². The van der Waals surface area contributed by atoms with E-state index in [1.54, 1.807) is 17.0 Å². The fourth-order valence-corrected chi connectivity index (χ4v) is 3.71. The number of carbonyl (C=O) groups excluding carboxylic acids is 2. The van der Waals surface area contributed by atoms with Crippen LogP contribution < -0.4 is 10.6 Å². The van der Waals surface area contributed by atoms with Gasteiger partial charge in [0.1, 0.15) is 5.82 Å². The summed E-state index contributed by atoms with van der Waals surface area (Å²) in [5, 5.41) is 5.05. The third-order valence-corrected chi connectivity index (χ3v) is 5.50. The molecule has 1 heterocycles. The van der Waals surface area contributed by atoms with Gasteiger partial charge in [-0.05, 0) is 61.8 Å². The zero-order valence-electron chi connectivity index (χ0n) is 17.0. The van der Waals surface area contributed by atoms with Crippen molar-refractivity contribution >= 4 is 29.1 Å². The summed E-state index contributed by atoms with van der Waals surface area (Å²) >= 11 is 5.65. The molecule has 0 spiro atoms. The van der Waals surface area contributed by atoms with Crippen LogP contribution in [0.15, 0.2) is 42.5 Å². The van der Waals surface area contributed by atoms with Gasteiger partial charge in [0.15, 0.2) is 0 Å². The minimum atomic E-state index is -4.65. The van der Waals surface area contributed by atoms with E-state index in [2.05, 4.69) is 10.6 Å². The van der Waals surface area contributed by atoms with Crippen LogP contribution in [-0.4, -0.2) is 36.3 Å². The summed E-state index contributed by atoms with van der Waals surface area (Å²) in [5.74, 6) is -1.25. The van der Waals surface area contributed by atoms with Crippen molar-refractivity contribution in [3.8, 4) is 0 Å². The van der Waals surface area contributed by atoms with Crippen molar-refractivity contribution in [2.75, 3.05) is 25.0 Å². The van der Waals surface area contributed by atoms with Crippen molar-refractivity contribution in [3.05, 3.63) is 64.4 Å². The SMILES string of the molecule is O=C(CN1CCC(C(=O)NCc2ccc(F)cc2)CC1)Nc1ccc(Cl)cc1C(F)(F)F. The molecule has 0 aromatic heterocycles. The summed E-state index contributed by atoms with van der Waals surface area (Å²) in [6.07, 6.45) is -3.60. The van der Waals surface area contributed by atoms with Crippen LogP contribution in [0.4, 0.5) is 23.2 Å². The fraction of sp³-hybridized carbons (Fsp3) is 0.364. The van der Waals surface area contributed by atoms with Gasteiger partial charge in [-0.1, -0.05) is 23.7 Å². The van der Waals surface area contributed by atoms with Gasteiger partial charge in [-0.25, -0.2) is 4.39 Å². The standard InChI is InChI=1S/C22H22ClF4N3O2/c23-16-3-6-19(18(11-16)22(25,26)27)29-20(31)13-30-9-7-15(8-10-30)21(32)28-12-14-1-4-17(24)5-2-14/h1-6,11,15H,7-10,12-13H2,(H,28,32)(H,29,31). The molecule has 3 rings (SSSR count). The maximum atomic E-state index is 13.2. The highest BCUT2D eigenvalue weighted by molar-refractivity contribution is 6.30. The van der Waals surface area contributed by atoms with Crippen LogP contribution in [0.3, 0.4) is 0 Å². The average molecular weight is 472 g/mol. The van der Waals surface area contributed by atoms with Crippen molar-refractivity contribution in [1.29, 1.82) is 0 Å². The minimum absolute atomic E-state index is 0.0740. The molecule has 32 heavy (non-hydrogen) atoms. The van der Waals surface area contributed by atoms with E-state index in [1.807, 2.05) is 0 Å². The lowest BCUT2D eigenvalue weighted by molar-refractivity contribution is -0.137. The number of rotatable bonds is 6. The van der Waals surface area contributed by atoms with Crippen LogP contribution in [0, 0.1) is 11.7 Å². The van der Waals surface area contributed by atoms with E-state index in [1.165, 1.54) is 18.2 Å². The Morgan fingerprint density at radius 1 is 1.06 bits per heavy atom. The first-order valence-corrected chi connectivity index (χ1v) is 10.4. The number of alkyl halides is 3. The number of likely N-dealkylation sites (tertiary alicyclic amines) is 1. The third kappa shape index (κ3) is 6.67. The molecule has 2 aromatic rings. The number of amides is 2. The summed E-state index contributed by atoms with van der Waals surface area (Å²) in [7, 11) is 0. The quantitative estimate of drug-likeness (QED) is 0.611. The summed E-state index contributed by atoms with van der Waals surface area (Å²) < 4.78 is 52.4. The number of carbonyl (C=O) groups is 2. The van der Waals surface area contributed by atoms with E-state index < -0.39 is 17.6 Å². The Labute approximate surface area is 187 Å². The molecule has 1 fully saturated rings. The first-order valence-electron chi connectivity index (χ1n) is 10.0. The number of anilines is 1. The molecule has 2 aromatic carbocycles. The molecule has 1 saturated heterocycles. The van der Waals surface area contributed by atoms with Crippen LogP contribution in [-0.2, 0) is 22.3 Å². The third-order valence-electron chi connectivity index (χ3n) is 5.27. The van der Waals surface area contributed by atoms with Gasteiger partial charge < -0.3 is 10.6 Å². The highest BCUT2D eigenvalue weighted by atomic mass is 35.5. The van der Waals surface area contributed by atoms with E-state index >= 15 is 0 Å². The number of nitrogens with zero attached hydrogens (tertiary/aromatic N) is 1. The second-order valence-electron chi connectivity index (χ2n) is 7.63. The van der Waals surface area contributed by atoms with E-state index in [0.29, 0.717) is 32.5 Å². The van der Waals surface area contributed by atoms with Crippen molar-refractivity contribution in [3.63, 3.8) is 0 Å². The fourth-order valence-electron chi connectivity index (χ4n) is 3.54. The highest BCUT2D eigenvalue weighted by Crippen LogP contribution is 2.36. The second kappa shape index (κ2) is 10.3. The summed E-state index contributed by atoms with van der Waals surface area (Å²) in [4.78, 5) is 26.4. The molecule has 172 valence electrons. The van der Waals surface area contributed by atoms with Crippen molar-refractivity contribution < 1.29 is 27.2 Å². The van der Waals surface area contributed by atoms with Gasteiger partial charge in [-0.15, -0.1) is 0 Å².